The van der Waals surface area contributed by atoms with Crippen LogP contribution < -0.4 is 10.6 Å². The Balaban J connectivity index is 2.39. The molecule has 0 unspecified atom stereocenters. The van der Waals surface area contributed by atoms with Gasteiger partial charge in [-0.05, 0) is 40.2 Å². The lowest BCUT2D eigenvalue weighted by molar-refractivity contribution is 0.0528. The molecule has 0 atom stereocenters. The fraction of sp³-hybridized carbons (Fsp3) is 0.556. The van der Waals surface area contributed by atoms with Crippen molar-refractivity contribution < 1.29 is 14.3 Å². The lowest BCUT2D eigenvalue weighted by Gasteiger charge is -2.27. The van der Waals surface area contributed by atoms with Gasteiger partial charge in [0.2, 0.25) is 0 Å². The van der Waals surface area contributed by atoms with Crippen LogP contribution in [0.25, 0.3) is 0 Å². The van der Waals surface area contributed by atoms with E-state index in [1.165, 1.54) is 0 Å². The van der Waals surface area contributed by atoms with Crippen LogP contribution in [0.4, 0.5) is 9.59 Å². The molecule has 0 bridgehead atoms. The summed E-state index contributed by atoms with van der Waals surface area (Å²) in [5.41, 5.74) is 0.547. The smallest absolute Gasteiger partial charge is 0.407 e. The second kappa shape index (κ2) is 9.15. The highest BCUT2D eigenvalue weighted by Gasteiger charge is 2.18. The third-order valence-electron chi connectivity index (χ3n) is 3.15. The van der Waals surface area contributed by atoms with Gasteiger partial charge in [-0.15, -0.1) is 0 Å². The normalized spacial score (nSPS) is 11.1. The van der Waals surface area contributed by atoms with E-state index < -0.39 is 11.7 Å². The minimum atomic E-state index is -0.530. The van der Waals surface area contributed by atoms with Gasteiger partial charge in [0.25, 0.3) is 0 Å². The molecule has 0 aromatic heterocycles. The van der Waals surface area contributed by atoms with Crippen molar-refractivity contribution in [3.8, 4) is 0 Å². The maximum Gasteiger partial charge on any atom is 0.407 e. The van der Waals surface area contributed by atoms with Gasteiger partial charge in [-0.1, -0.05) is 30.3 Å². The van der Waals surface area contributed by atoms with Crippen LogP contribution in [0.2, 0.25) is 0 Å². The third-order valence-corrected chi connectivity index (χ3v) is 3.15. The van der Waals surface area contributed by atoms with Gasteiger partial charge in [-0.2, -0.15) is 0 Å². The zero-order chi connectivity index (χ0) is 18.2. The van der Waals surface area contributed by atoms with Gasteiger partial charge in [0, 0.05) is 25.7 Å². The average molecular weight is 335 g/mol. The molecule has 0 heterocycles. The molecule has 24 heavy (non-hydrogen) atoms. The van der Waals surface area contributed by atoms with E-state index in [-0.39, 0.29) is 12.1 Å². The summed E-state index contributed by atoms with van der Waals surface area (Å²) in [7, 11) is 0. The van der Waals surface area contributed by atoms with Crippen molar-refractivity contribution in [3.05, 3.63) is 35.9 Å². The molecule has 1 aromatic rings. The molecule has 3 amide bonds. The van der Waals surface area contributed by atoms with Crippen LogP contribution in [0, 0.1) is 0 Å². The number of benzene rings is 1. The number of amides is 3. The second-order valence-electron chi connectivity index (χ2n) is 6.87. The first kappa shape index (κ1) is 19.8. The van der Waals surface area contributed by atoms with Gasteiger partial charge in [-0.25, -0.2) is 9.59 Å². The number of nitrogens with one attached hydrogen (secondary N) is 2. The highest BCUT2D eigenvalue weighted by Crippen LogP contribution is 2.08. The number of carbonyl (C=O) groups is 2. The van der Waals surface area contributed by atoms with Crippen molar-refractivity contribution in [1.82, 2.24) is 15.5 Å². The van der Waals surface area contributed by atoms with Gasteiger partial charge in [0.15, 0.2) is 0 Å². The molecule has 2 N–H and O–H groups in total. The maximum absolute atomic E-state index is 12.3. The Kier molecular flexibility index (Phi) is 7.55. The Morgan fingerprint density at radius 3 is 2.21 bits per heavy atom. The Labute approximate surface area is 144 Å². The van der Waals surface area contributed by atoms with Gasteiger partial charge in [-0.3, -0.25) is 0 Å². The minimum Gasteiger partial charge on any atom is -0.444 e. The fourth-order valence-corrected chi connectivity index (χ4v) is 2.02. The summed E-state index contributed by atoms with van der Waals surface area (Å²) >= 11 is 0. The monoisotopic (exact) mass is 335 g/mol. The molecule has 1 aromatic carbocycles. The van der Waals surface area contributed by atoms with Crippen LogP contribution in [0.1, 0.15) is 40.2 Å². The summed E-state index contributed by atoms with van der Waals surface area (Å²) in [6.45, 7) is 10.6. The molecule has 6 nitrogen and oxygen atoms in total. The standard InChI is InChI=1S/C18H29N3O3/c1-14(2)21(13-15-9-7-6-8-10-15)16(22)19-11-12-20-17(23)24-18(3,4)5/h6-10,14H,11-13H2,1-5H3,(H,19,22)(H,20,23). The SMILES string of the molecule is CC(C)N(Cc1ccccc1)C(=O)NCCNC(=O)OC(C)(C)C. The first-order valence-electron chi connectivity index (χ1n) is 8.24. The van der Waals surface area contributed by atoms with E-state index in [0.29, 0.717) is 19.6 Å². The van der Waals surface area contributed by atoms with E-state index in [1.807, 2.05) is 44.2 Å². The molecule has 0 aliphatic rings. The predicted octanol–water partition coefficient (Wildman–Crippen LogP) is 3.13. The Hall–Kier alpha value is -2.24. The highest BCUT2D eigenvalue weighted by atomic mass is 16.6. The summed E-state index contributed by atoms with van der Waals surface area (Å²) in [4.78, 5) is 25.6. The summed E-state index contributed by atoms with van der Waals surface area (Å²) in [6, 6.07) is 9.77. The number of urea groups is 1. The van der Waals surface area contributed by atoms with Crippen LogP contribution in [0.15, 0.2) is 30.3 Å². The Bertz CT molecular complexity index is 524. The quantitative estimate of drug-likeness (QED) is 0.785. The van der Waals surface area contributed by atoms with E-state index >= 15 is 0 Å². The Morgan fingerprint density at radius 1 is 1.08 bits per heavy atom. The van der Waals surface area contributed by atoms with Crippen LogP contribution >= 0.6 is 0 Å². The zero-order valence-corrected chi connectivity index (χ0v) is 15.3. The molecule has 0 fully saturated rings. The molecule has 1 rings (SSSR count). The summed E-state index contributed by atoms with van der Waals surface area (Å²) in [6.07, 6.45) is -0.484. The molecule has 0 aliphatic carbocycles. The number of nitrogens with zero attached hydrogens (tertiary/aromatic N) is 1. The van der Waals surface area contributed by atoms with E-state index in [0.717, 1.165) is 5.56 Å². The van der Waals surface area contributed by atoms with Gasteiger partial charge in [0.05, 0.1) is 0 Å². The molecular weight excluding hydrogens is 306 g/mol. The molecule has 6 heteroatoms. The van der Waals surface area contributed by atoms with Crippen LogP contribution in [-0.2, 0) is 11.3 Å². The number of alkyl carbamates (subject to hydrolysis) is 1. The van der Waals surface area contributed by atoms with Crippen molar-refractivity contribution in [2.75, 3.05) is 13.1 Å². The van der Waals surface area contributed by atoms with Gasteiger partial charge < -0.3 is 20.3 Å². The third kappa shape index (κ3) is 7.85. The van der Waals surface area contributed by atoms with Crippen molar-refractivity contribution in [1.29, 1.82) is 0 Å². The summed E-state index contributed by atoms with van der Waals surface area (Å²) < 4.78 is 5.14. The molecule has 0 saturated heterocycles. The number of rotatable bonds is 6. The van der Waals surface area contributed by atoms with Gasteiger partial charge >= 0.3 is 12.1 Å². The van der Waals surface area contributed by atoms with Crippen molar-refractivity contribution >= 4 is 12.1 Å². The van der Waals surface area contributed by atoms with Crippen molar-refractivity contribution in [2.45, 2.75) is 52.8 Å². The fourth-order valence-electron chi connectivity index (χ4n) is 2.02. The number of hydrogen-bond donors (Lipinski definition) is 2. The molecule has 0 radical (unpaired) electrons. The minimum absolute atomic E-state index is 0.0732. The molecular formula is C18H29N3O3. The zero-order valence-electron chi connectivity index (χ0n) is 15.3. The number of carbonyl (C=O) groups excluding carboxylic acids is 2. The van der Waals surface area contributed by atoms with Crippen LogP contribution in [0.5, 0.6) is 0 Å². The lowest BCUT2D eigenvalue weighted by Crippen LogP contribution is -2.46. The highest BCUT2D eigenvalue weighted by molar-refractivity contribution is 5.74. The van der Waals surface area contributed by atoms with E-state index in [4.69, 9.17) is 4.74 Å². The Morgan fingerprint density at radius 2 is 1.67 bits per heavy atom. The topological polar surface area (TPSA) is 70.7 Å². The maximum atomic E-state index is 12.3. The van der Waals surface area contributed by atoms with Crippen LogP contribution in [0.3, 0.4) is 0 Å². The van der Waals surface area contributed by atoms with Crippen molar-refractivity contribution in [3.63, 3.8) is 0 Å². The van der Waals surface area contributed by atoms with E-state index in [1.54, 1.807) is 25.7 Å². The number of hydrogen-bond acceptors (Lipinski definition) is 3. The predicted molar refractivity (Wildman–Crippen MR) is 94.8 cm³/mol. The van der Waals surface area contributed by atoms with E-state index in [9.17, 15) is 9.59 Å². The second-order valence-corrected chi connectivity index (χ2v) is 6.87. The first-order chi connectivity index (χ1) is 11.2. The summed E-state index contributed by atoms with van der Waals surface area (Å²) in [5.74, 6) is 0. The number of ether oxygens (including phenoxy) is 1. The lowest BCUT2D eigenvalue weighted by atomic mass is 10.2. The van der Waals surface area contributed by atoms with Gasteiger partial charge in [0.1, 0.15) is 5.60 Å². The largest absolute Gasteiger partial charge is 0.444 e. The molecule has 0 aliphatic heterocycles. The molecule has 134 valence electrons. The molecule has 0 saturated carbocycles. The first-order valence-corrected chi connectivity index (χ1v) is 8.24. The van der Waals surface area contributed by atoms with Crippen LogP contribution in [-0.4, -0.2) is 41.8 Å². The van der Waals surface area contributed by atoms with Crippen molar-refractivity contribution in [2.24, 2.45) is 0 Å². The molecule has 0 spiro atoms. The van der Waals surface area contributed by atoms with E-state index in [2.05, 4.69) is 10.6 Å². The average Bonchev–Trinajstić information content (AvgIpc) is 2.48. The summed E-state index contributed by atoms with van der Waals surface area (Å²) in [5, 5.41) is 5.44.